The van der Waals surface area contributed by atoms with E-state index in [9.17, 15) is 4.79 Å². The zero-order valence-electron chi connectivity index (χ0n) is 8.36. The van der Waals surface area contributed by atoms with Crippen LogP contribution in [0.25, 0.3) is 0 Å². The molecule has 80 valence electrons. The molecule has 0 amide bonds. The topological polar surface area (TPSA) is 17.1 Å². The van der Waals surface area contributed by atoms with Crippen molar-refractivity contribution in [2.75, 3.05) is 17.3 Å². The summed E-state index contributed by atoms with van der Waals surface area (Å²) >= 11 is 3.74. The third-order valence-corrected chi connectivity index (χ3v) is 7.07. The van der Waals surface area contributed by atoms with E-state index >= 15 is 0 Å². The SMILES string of the molecule is O=C(CS1(Br)CC=CC1)c1ccccc1. The molecule has 3 heteroatoms. The van der Waals surface area contributed by atoms with E-state index in [2.05, 4.69) is 27.0 Å². The summed E-state index contributed by atoms with van der Waals surface area (Å²) in [4.78, 5) is 12.0. The fraction of sp³-hybridized carbons (Fsp3) is 0.250. The quantitative estimate of drug-likeness (QED) is 0.613. The third-order valence-electron chi connectivity index (χ3n) is 2.44. The Morgan fingerprint density at radius 1 is 1.20 bits per heavy atom. The molecule has 0 aliphatic carbocycles. The number of hydrogen-bond donors (Lipinski definition) is 0. The van der Waals surface area contributed by atoms with Gasteiger partial charge in [0.05, 0.1) is 5.75 Å². The molecule has 1 aromatic carbocycles. The van der Waals surface area contributed by atoms with Crippen molar-refractivity contribution in [2.45, 2.75) is 0 Å². The van der Waals surface area contributed by atoms with E-state index in [1.165, 1.54) is 0 Å². The van der Waals surface area contributed by atoms with E-state index in [0.29, 0.717) is 5.75 Å². The van der Waals surface area contributed by atoms with Crippen LogP contribution in [0.2, 0.25) is 0 Å². The van der Waals surface area contributed by atoms with Crippen LogP contribution in [0.15, 0.2) is 42.5 Å². The van der Waals surface area contributed by atoms with Crippen LogP contribution in [0.5, 0.6) is 0 Å². The Kier molecular flexibility index (Phi) is 3.32. The summed E-state index contributed by atoms with van der Waals surface area (Å²) in [5.74, 6) is 2.98. The van der Waals surface area contributed by atoms with Crippen LogP contribution in [0.1, 0.15) is 10.4 Å². The maximum atomic E-state index is 12.0. The first kappa shape index (κ1) is 11.0. The zero-order chi connectivity index (χ0) is 10.7. The number of benzene rings is 1. The van der Waals surface area contributed by atoms with Gasteiger partial charge in [-0.15, -0.1) is 0 Å². The van der Waals surface area contributed by atoms with Crippen LogP contribution in [0.3, 0.4) is 0 Å². The Labute approximate surface area is 99.1 Å². The number of ketones is 1. The molecule has 0 spiro atoms. The molecule has 0 aromatic heterocycles. The normalized spacial score (nSPS) is 20.1. The summed E-state index contributed by atoms with van der Waals surface area (Å²) in [7, 11) is -0.899. The number of Topliss-reactive ketones (excluding diaryl/α,β-unsaturated/α-hetero) is 1. The Bertz CT molecular complexity index is 378. The van der Waals surface area contributed by atoms with E-state index in [-0.39, 0.29) is 5.78 Å². The second-order valence-electron chi connectivity index (χ2n) is 3.68. The molecule has 0 saturated carbocycles. The molecule has 2 rings (SSSR count). The van der Waals surface area contributed by atoms with Crippen LogP contribution >= 0.6 is 23.3 Å². The highest BCUT2D eigenvalue weighted by molar-refractivity contribution is 9.58. The standard InChI is InChI=1S/C12H13BrOS/c13-15(8-4-5-9-15)10-12(14)11-6-2-1-3-7-11/h1-7H,8-10H2. The van der Waals surface area contributed by atoms with Crippen molar-refractivity contribution < 1.29 is 4.79 Å². The predicted molar refractivity (Wildman–Crippen MR) is 71.0 cm³/mol. The van der Waals surface area contributed by atoms with Gasteiger partial charge in [0.1, 0.15) is 0 Å². The first-order valence-electron chi connectivity index (χ1n) is 4.89. The molecule has 0 N–H and O–H groups in total. The van der Waals surface area contributed by atoms with Gasteiger partial charge in [-0.2, -0.15) is 8.46 Å². The largest absolute Gasteiger partial charge is 0.293 e. The fourth-order valence-corrected chi connectivity index (χ4v) is 5.12. The summed E-state index contributed by atoms with van der Waals surface area (Å²) < 4.78 is 0. The molecule has 1 aliphatic heterocycles. The second-order valence-corrected chi connectivity index (χ2v) is 10.6. The Morgan fingerprint density at radius 3 is 2.40 bits per heavy atom. The molecule has 1 nitrogen and oxygen atoms in total. The summed E-state index contributed by atoms with van der Waals surface area (Å²) in [6.45, 7) is 0. The van der Waals surface area contributed by atoms with Gasteiger partial charge < -0.3 is 0 Å². The lowest BCUT2D eigenvalue weighted by Crippen LogP contribution is -2.11. The first-order valence-corrected chi connectivity index (χ1v) is 8.87. The van der Waals surface area contributed by atoms with E-state index in [0.717, 1.165) is 17.1 Å². The zero-order valence-corrected chi connectivity index (χ0v) is 10.8. The molecule has 1 heterocycles. The van der Waals surface area contributed by atoms with E-state index < -0.39 is 8.46 Å². The van der Waals surface area contributed by atoms with E-state index in [1.807, 2.05) is 30.3 Å². The molecule has 15 heavy (non-hydrogen) atoms. The molecular weight excluding hydrogens is 272 g/mol. The van der Waals surface area contributed by atoms with Crippen molar-refractivity contribution in [3.63, 3.8) is 0 Å². The fourth-order valence-electron chi connectivity index (χ4n) is 1.61. The van der Waals surface area contributed by atoms with Crippen LogP contribution in [0.4, 0.5) is 0 Å². The van der Waals surface area contributed by atoms with E-state index in [1.54, 1.807) is 0 Å². The number of carbonyl (C=O) groups excluding carboxylic acids is 1. The molecular formula is C12H13BrOS. The maximum Gasteiger partial charge on any atom is 0.171 e. The molecule has 0 unspecified atom stereocenters. The highest BCUT2D eigenvalue weighted by Crippen LogP contribution is 2.58. The maximum absolute atomic E-state index is 12.0. The van der Waals surface area contributed by atoms with Gasteiger partial charge in [0.25, 0.3) is 0 Å². The molecule has 1 aliphatic rings. The number of hydrogen-bond acceptors (Lipinski definition) is 1. The molecule has 0 fully saturated rings. The minimum absolute atomic E-state index is 0.256. The predicted octanol–water partition coefficient (Wildman–Crippen LogP) is 3.55. The first-order chi connectivity index (χ1) is 7.20. The van der Waals surface area contributed by atoms with Gasteiger partial charge in [-0.05, 0) is 14.8 Å². The summed E-state index contributed by atoms with van der Waals surface area (Å²) in [5.41, 5.74) is 0.829. The van der Waals surface area contributed by atoms with Crippen molar-refractivity contribution in [3.05, 3.63) is 48.0 Å². The Hall–Kier alpha value is -0.540. The highest BCUT2D eigenvalue weighted by Gasteiger charge is 2.25. The Morgan fingerprint density at radius 2 is 1.80 bits per heavy atom. The number of carbonyl (C=O) groups is 1. The van der Waals surface area contributed by atoms with Gasteiger partial charge in [-0.3, -0.25) is 4.79 Å². The van der Waals surface area contributed by atoms with Crippen LogP contribution in [0, 0.1) is 0 Å². The average molecular weight is 285 g/mol. The summed E-state index contributed by atoms with van der Waals surface area (Å²) in [6.07, 6.45) is 4.34. The highest BCUT2D eigenvalue weighted by atomic mass is 79.9. The van der Waals surface area contributed by atoms with Gasteiger partial charge in [0.2, 0.25) is 0 Å². The van der Waals surface area contributed by atoms with Gasteiger partial charge in [-0.25, -0.2) is 0 Å². The van der Waals surface area contributed by atoms with Crippen molar-refractivity contribution in [2.24, 2.45) is 0 Å². The number of rotatable bonds is 3. The van der Waals surface area contributed by atoms with Gasteiger partial charge in [-0.1, -0.05) is 42.5 Å². The summed E-state index contributed by atoms with van der Waals surface area (Å²) in [5, 5.41) is 0. The lowest BCUT2D eigenvalue weighted by molar-refractivity contribution is 0.102. The van der Waals surface area contributed by atoms with Crippen LogP contribution in [-0.4, -0.2) is 23.0 Å². The van der Waals surface area contributed by atoms with Gasteiger partial charge in [0, 0.05) is 17.1 Å². The molecule has 0 radical (unpaired) electrons. The van der Waals surface area contributed by atoms with Gasteiger partial charge in [0.15, 0.2) is 5.78 Å². The molecule has 0 saturated heterocycles. The smallest absolute Gasteiger partial charge is 0.171 e. The minimum atomic E-state index is -0.899. The monoisotopic (exact) mass is 284 g/mol. The molecule has 1 aromatic rings. The van der Waals surface area contributed by atoms with Crippen molar-refractivity contribution in [3.8, 4) is 0 Å². The summed E-state index contributed by atoms with van der Waals surface area (Å²) in [6, 6.07) is 9.54. The Balaban J connectivity index is 2.04. The minimum Gasteiger partial charge on any atom is -0.293 e. The van der Waals surface area contributed by atoms with Crippen molar-refractivity contribution in [1.82, 2.24) is 0 Å². The van der Waals surface area contributed by atoms with Crippen molar-refractivity contribution >= 4 is 29.1 Å². The second kappa shape index (κ2) is 4.54. The third kappa shape index (κ3) is 2.73. The van der Waals surface area contributed by atoms with Crippen LogP contribution in [-0.2, 0) is 0 Å². The average Bonchev–Trinajstić information content (AvgIpc) is 2.66. The lowest BCUT2D eigenvalue weighted by Gasteiger charge is -2.26. The van der Waals surface area contributed by atoms with E-state index in [4.69, 9.17) is 0 Å². The van der Waals surface area contributed by atoms with Crippen molar-refractivity contribution in [1.29, 1.82) is 0 Å². The van der Waals surface area contributed by atoms with Crippen LogP contribution < -0.4 is 0 Å². The molecule has 0 bridgehead atoms. The molecule has 0 atom stereocenters. The number of halogens is 1. The van der Waals surface area contributed by atoms with Gasteiger partial charge >= 0.3 is 0 Å². The lowest BCUT2D eigenvalue weighted by atomic mass is 10.2.